The SMILES string of the molecule is CCOC(=O)C[C@H](O)[C@H](C(C)CC)N(Cc1ccccc1)Cc1ccccc1. The van der Waals surface area contributed by atoms with E-state index in [1.54, 1.807) is 6.92 Å². The molecule has 0 aliphatic carbocycles. The Labute approximate surface area is 169 Å². The van der Waals surface area contributed by atoms with E-state index in [0.717, 1.165) is 6.42 Å². The van der Waals surface area contributed by atoms with Crippen LogP contribution in [0.5, 0.6) is 0 Å². The third kappa shape index (κ3) is 6.77. The normalized spacial score (nSPS) is 14.5. The molecule has 152 valence electrons. The van der Waals surface area contributed by atoms with E-state index in [9.17, 15) is 9.90 Å². The minimum absolute atomic E-state index is 0.0168. The van der Waals surface area contributed by atoms with Gasteiger partial charge >= 0.3 is 5.97 Å². The van der Waals surface area contributed by atoms with Crippen LogP contribution < -0.4 is 0 Å². The second kappa shape index (κ2) is 11.6. The number of carbonyl (C=O) groups is 1. The molecule has 0 amide bonds. The largest absolute Gasteiger partial charge is 0.466 e. The van der Waals surface area contributed by atoms with Crippen LogP contribution >= 0.6 is 0 Å². The van der Waals surface area contributed by atoms with E-state index in [1.165, 1.54) is 11.1 Å². The van der Waals surface area contributed by atoms with Gasteiger partial charge in [-0.05, 0) is 24.0 Å². The van der Waals surface area contributed by atoms with Crippen LogP contribution in [0.4, 0.5) is 0 Å². The fraction of sp³-hybridized carbons (Fsp3) is 0.458. The molecular weight excluding hydrogens is 350 g/mol. The van der Waals surface area contributed by atoms with Gasteiger partial charge < -0.3 is 9.84 Å². The maximum absolute atomic E-state index is 12.0. The summed E-state index contributed by atoms with van der Waals surface area (Å²) in [5, 5.41) is 11.0. The summed E-state index contributed by atoms with van der Waals surface area (Å²) in [6, 6.07) is 20.4. The van der Waals surface area contributed by atoms with Crippen LogP contribution in [-0.2, 0) is 22.6 Å². The second-order valence-electron chi connectivity index (χ2n) is 7.33. The Kier molecular flexibility index (Phi) is 9.18. The van der Waals surface area contributed by atoms with Gasteiger partial charge in [-0.25, -0.2) is 0 Å². The van der Waals surface area contributed by atoms with E-state index in [0.29, 0.717) is 19.7 Å². The summed E-state index contributed by atoms with van der Waals surface area (Å²) in [4.78, 5) is 14.3. The molecule has 28 heavy (non-hydrogen) atoms. The molecule has 0 radical (unpaired) electrons. The molecule has 0 bridgehead atoms. The summed E-state index contributed by atoms with van der Waals surface area (Å²) in [6.07, 6.45) is 0.162. The van der Waals surface area contributed by atoms with Crippen molar-refractivity contribution in [1.29, 1.82) is 0 Å². The predicted octanol–water partition coefficient (Wildman–Crippen LogP) is 4.42. The molecular formula is C24H33NO3. The van der Waals surface area contributed by atoms with Crippen molar-refractivity contribution in [3.8, 4) is 0 Å². The zero-order valence-electron chi connectivity index (χ0n) is 17.3. The smallest absolute Gasteiger partial charge is 0.308 e. The molecule has 2 aromatic carbocycles. The van der Waals surface area contributed by atoms with Gasteiger partial charge in [0.25, 0.3) is 0 Å². The van der Waals surface area contributed by atoms with Crippen molar-refractivity contribution >= 4 is 5.97 Å². The van der Waals surface area contributed by atoms with Gasteiger partial charge in [-0.1, -0.05) is 80.9 Å². The number of rotatable bonds is 11. The Morgan fingerprint density at radius 3 is 1.89 bits per heavy atom. The third-order valence-electron chi connectivity index (χ3n) is 5.18. The monoisotopic (exact) mass is 383 g/mol. The highest BCUT2D eigenvalue weighted by molar-refractivity contribution is 5.70. The molecule has 4 nitrogen and oxygen atoms in total. The lowest BCUT2D eigenvalue weighted by molar-refractivity contribution is -0.147. The molecule has 0 fully saturated rings. The average Bonchev–Trinajstić information content (AvgIpc) is 2.69. The lowest BCUT2D eigenvalue weighted by Gasteiger charge is -2.38. The van der Waals surface area contributed by atoms with Crippen molar-refractivity contribution in [1.82, 2.24) is 4.90 Å². The van der Waals surface area contributed by atoms with Crippen molar-refractivity contribution in [2.45, 2.75) is 58.8 Å². The summed E-state index contributed by atoms with van der Waals surface area (Å²) in [5.74, 6) is -0.112. The van der Waals surface area contributed by atoms with Gasteiger partial charge in [0.15, 0.2) is 0 Å². The van der Waals surface area contributed by atoms with Crippen LogP contribution in [0.2, 0.25) is 0 Å². The molecule has 0 heterocycles. The van der Waals surface area contributed by atoms with Crippen LogP contribution in [0, 0.1) is 5.92 Å². The van der Waals surface area contributed by atoms with Crippen LogP contribution in [-0.4, -0.2) is 34.7 Å². The topological polar surface area (TPSA) is 49.8 Å². The molecule has 0 saturated carbocycles. The first kappa shape index (κ1) is 22.1. The zero-order valence-corrected chi connectivity index (χ0v) is 17.3. The predicted molar refractivity (Wildman–Crippen MR) is 113 cm³/mol. The highest BCUT2D eigenvalue weighted by Gasteiger charge is 2.32. The number of esters is 1. The number of hydrogen-bond acceptors (Lipinski definition) is 4. The van der Waals surface area contributed by atoms with E-state index in [4.69, 9.17) is 4.74 Å². The van der Waals surface area contributed by atoms with E-state index in [2.05, 4.69) is 43.0 Å². The second-order valence-corrected chi connectivity index (χ2v) is 7.33. The van der Waals surface area contributed by atoms with Gasteiger partial charge in [0, 0.05) is 19.1 Å². The molecule has 0 aromatic heterocycles. The lowest BCUT2D eigenvalue weighted by atomic mass is 9.90. The van der Waals surface area contributed by atoms with Gasteiger partial charge in [-0.2, -0.15) is 0 Å². The molecule has 0 saturated heterocycles. The molecule has 2 aromatic rings. The molecule has 0 aliphatic heterocycles. The molecule has 1 N–H and O–H groups in total. The van der Waals surface area contributed by atoms with Crippen LogP contribution in [0.15, 0.2) is 60.7 Å². The standard InChI is InChI=1S/C24H33NO3/c1-4-19(3)24(22(26)16-23(27)28-5-2)25(17-20-12-8-6-9-13-20)18-21-14-10-7-11-15-21/h6-15,19,22,24,26H,4-5,16-18H2,1-3H3/t19?,22-,24-/m0/s1. The number of ether oxygens (including phenoxy) is 1. The molecule has 4 heteroatoms. The maximum Gasteiger partial charge on any atom is 0.308 e. The Balaban J connectivity index is 2.28. The number of benzene rings is 2. The summed E-state index contributed by atoms with van der Waals surface area (Å²) in [5.41, 5.74) is 2.38. The molecule has 0 aliphatic rings. The van der Waals surface area contributed by atoms with Crippen molar-refractivity contribution < 1.29 is 14.6 Å². The third-order valence-corrected chi connectivity index (χ3v) is 5.18. The Morgan fingerprint density at radius 2 is 1.46 bits per heavy atom. The van der Waals surface area contributed by atoms with E-state index in [1.807, 2.05) is 36.4 Å². The van der Waals surface area contributed by atoms with Gasteiger partial charge in [-0.15, -0.1) is 0 Å². The zero-order chi connectivity index (χ0) is 20.4. The average molecular weight is 384 g/mol. The summed E-state index contributed by atoms with van der Waals surface area (Å²) in [7, 11) is 0. The van der Waals surface area contributed by atoms with E-state index >= 15 is 0 Å². The van der Waals surface area contributed by atoms with Crippen LogP contribution in [0.3, 0.4) is 0 Å². The van der Waals surface area contributed by atoms with Crippen molar-refractivity contribution in [3.63, 3.8) is 0 Å². The number of aliphatic hydroxyl groups is 1. The van der Waals surface area contributed by atoms with Gasteiger partial charge in [0.1, 0.15) is 0 Å². The Bertz CT molecular complexity index is 648. The van der Waals surface area contributed by atoms with E-state index < -0.39 is 6.10 Å². The first-order valence-electron chi connectivity index (χ1n) is 10.2. The molecule has 0 spiro atoms. The number of aliphatic hydroxyl groups excluding tert-OH is 1. The minimum atomic E-state index is -0.776. The fourth-order valence-electron chi connectivity index (χ4n) is 3.64. The van der Waals surface area contributed by atoms with Crippen LogP contribution in [0.1, 0.15) is 44.7 Å². The van der Waals surface area contributed by atoms with Crippen molar-refractivity contribution in [2.75, 3.05) is 6.61 Å². The van der Waals surface area contributed by atoms with Gasteiger partial charge in [-0.3, -0.25) is 9.69 Å². The first-order valence-corrected chi connectivity index (χ1v) is 10.2. The molecule has 1 unspecified atom stereocenters. The Morgan fingerprint density at radius 1 is 0.964 bits per heavy atom. The quantitative estimate of drug-likeness (QED) is 0.584. The summed E-state index contributed by atoms with van der Waals surface area (Å²) >= 11 is 0. The van der Waals surface area contributed by atoms with Gasteiger partial charge in [0.2, 0.25) is 0 Å². The van der Waals surface area contributed by atoms with Crippen molar-refractivity contribution in [2.24, 2.45) is 5.92 Å². The maximum atomic E-state index is 12.0. The fourth-order valence-corrected chi connectivity index (χ4v) is 3.64. The molecule has 2 rings (SSSR count). The van der Waals surface area contributed by atoms with Gasteiger partial charge in [0.05, 0.1) is 19.1 Å². The molecule has 3 atom stereocenters. The highest BCUT2D eigenvalue weighted by atomic mass is 16.5. The first-order chi connectivity index (χ1) is 13.5. The number of hydrogen-bond donors (Lipinski definition) is 1. The summed E-state index contributed by atoms with van der Waals surface area (Å²) in [6.45, 7) is 7.81. The minimum Gasteiger partial charge on any atom is -0.466 e. The summed E-state index contributed by atoms with van der Waals surface area (Å²) < 4.78 is 5.07. The Hall–Kier alpha value is -2.17. The van der Waals surface area contributed by atoms with Crippen molar-refractivity contribution in [3.05, 3.63) is 71.8 Å². The van der Waals surface area contributed by atoms with E-state index in [-0.39, 0.29) is 24.3 Å². The number of carbonyl (C=O) groups excluding carboxylic acids is 1. The lowest BCUT2D eigenvalue weighted by Crippen LogP contribution is -2.47. The highest BCUT2D eigenvalue weighted by Crippen LogP contribution is 2.25. The number of nitrogens with zero attached hydrogens (tertiary/aromatic N) is 1. The van der Waals surface area contributed by atoms with Crippen LogP contribution in [0.25, 0.3) is 0 Å².